The number of aromatic nitrogens is 2. The summed E-state index contributed by atoms with van der Waals surface area (Å²) in [5, 5.41) is 11.0. The van der Waals surface area contributed by atoms with E-state index in [-0.39, 0.29) is 11.9 Å². The van der Waals surface area contributed by atoms with E-state index in [1.165, 1.54) is 25.7 Å². The van der Waals surface area contributed by atoms with Gasteiger partial charge in [0.25, 0.3) is 0 Å². The monoisotopic (exact) mass is 314 g/mol. The van der Waals surface area contributed by atoms with Crippen molar-refractivity contribution in [1.82, 2.24) is 15.1 Å². The molecule has 122 valence electrons. The van der Waals surface area contributed by atoms with Crippen molar-refractivity contribution in [2.45, 2.75) is 37.8 Å². The highest BCUT2D eigenvalue weighted by Gasteiger charge is 2.35. The zero-order chi connectivity index (χ0) is 15.6. The molecule has 1 aliphatic heterocycles. The minimum atomic E-state index is -0.188. The number of nitrogens with zero attached hydrogens (tertiary/aromatic N) is 2. The molecule has 6 nitrogen and oxygen atoms in total. The largest absolute Gasteiger partial charge is 0.378 e. The van der Waals surface area contributed by atoms with Crippen LogP contribution in [0.1, 0.15) is 25.7 Å². The number of carbonyl (C=O) groups excluding carboxylic acids is 1. The number of hydrogen-bond acceptors (Lipinski definition) is 4. The first kappa shape index (κ1) is 14.7. The number of aromatic amines is 1. The molecule has 23 heavy (non-hydrogen) atoms. The Morgan fingerprint density at radius 1 is 1.35 bits per heavy atom. The molecule has 1 aromatic heterocycles. The van der Waals surface area contributed by atoms with E-state index in [0.717, 1.165) is 29.7 Å². The molecule has 2 fully saturated rings. The van der Waals surface area contributed by atoms with Crippen molar-refractivity contribution >= 4 is 22.5 Å². The first-order valence-corrected chi connectivity index (χ1v) is 8.39. The molecule has 2 heterocycles. The average molecular weight is 314 g/mol. The Labute approximate surface area is 135 Å². The maximum atomic E-state index is 12.8. The van der Waals surface area contributed by atoms with Gasteiger partial charge in [0.15, 0.2) is 0 Å². The highest BCUT2D eigenvalue weighted by Crippen LogP contribution is 2.27. The van der Waals surface area contributed by atoms with Crippen molar-refractivity contribution in [1.29, 1.82) is 0 Å². The molecular formula is C17H22N4O2. The smallest absolute Gasteiger partial charge is 0.244 e. The fourth-order valence-corrected chi connectivity index (χ4v) is 3.76. The molecule has 1 atom stereocenters. The van der Waals surface area contributed by atoms with E-state index in [0.29, 0.717) is 12.6 Å². The molecule has 2 aliphatic rings. The van der Waals surface area contributed by atoms with Crippen LogP contribution < -0.4 is 5.32 Å². The van der Waals surface area contributed by atoms with Crippen LogP contribution in [0.5, 0.6) is 0 Å². The van der Waals surface area contributed by atoms with Crippen LogP contribution in [-0.4, -0.2) is 52.8 Å². The summed E-state index contributed by atoms with van der Waals surface area (Å²) in [5.41, 5.74) is 1.78. The topological polar surface area (TPSA) is 70.2 Å². The first-order chi connectivity index (χ1) is 11.3. The molecule has 0 bridgehead atoms. The van der Waals surface area contributed by atoms with Crippen molar-refractivity contribution in [3.63, 3.8) is 0 Å². The number of rotatable bonds is 3. The summed E-state index contributed by atoms with van der Waals surface area (Å²) < 4.78 is 5.57. The molecule has 1 aromatic carbocycles. The average Bonchev–Trinajstić information content (AvgIpc) is 3.26. The van der Waals surface area contributed by atoms with Gasteiger partial charge in [-0.25, -0.2) is 0 Å². The molecule has 1 aliphatic carbocycles. The zero-order valence-corrected chi connectivity index (χ0v) is 13.1. The lowest BCUT2D eigenvalue weighted by molar-refractivity contribution is -0.129. The third-order valence-corrected chi connectivity index (χ3v) is 4.97. The number of fused-ring (bicyclic) bond motifs is 1. The summed E-state index contributed by atoms with van der Waals surface area (Å²) in [7, 11) is 0. The maximum Gasteiger partial charge on any atom is 0.244 e. The van der Waals surface area contributed by atoms with Crippen LogP contribution in [0.15, 0.2) is 24.4 Å². The molecular weight excluding hydrogens is 292 g/mol. The molecule has 0 radical (unpaired) electrons. The van der Waals surface area contributed by atoms with Gasteiger partial charge in [0, 0.05) is 23.7 Å². The van der Waals surface area contributed by atoms with Crippen molar-refractivity contribution in [2.24, 2.45) is 0 Å². The number of anilines is 1. The van der Waals surface area contributed by atoms with Crippen LogP contribution in [0.3, 0.4) is 0 Å². The summed E-state index contributed by atoms with van der Waals surface area (Å²) >= 11 is 0. The molecule has 6 heteroatoms. The molecule has 2 aromatic rings. The predicted molar refractivity (Wildman–Crippen MR) is 88.3 cm³/mol. The number of amides is 1. The first-order valence-electron chi connectivity index (χ1n) is 8.39. The van der Waals surface area contributed by atoms with E-state index < -0.39 is 0 Å². The maximum absolute atomic E-state index is 12.8. The lowest BCUT2D eigenvalue weighted by Gasteiger charge is -2.38. The Kier molecular flexibility index (Phi) is 4.01. The number of morpholine rings is 1. The van der Waals surface area contributed by atoms with Gasteiger partial charge in [-0.15, -0.1) is 0 Å². The van der Waals surface area contributed by atoms with Gasteiger partial charge in [0.2, 0.25) is 5.91 Å². The SMILES string of the molecule is O=C(Nc1ccc2[nH]ncc2c1)[C@@H]1COCCN1C1CCCC1. The van der Waals surface area contributed by atoms with E-state index in [1.54, 1.807) is 6.20 Å². The van der Waals surface area contributed by atoms with E-state index in [4.69, 9.17) is 4.74 Å². The number of H-pyrrole nitrogens is 1. The molecule has 1 amide bonds. The molecule has 0 spiro atoms. The summed E-state index contributed by atoms with van der Waals surface area (Å²) in [4.78, 5) is 15.1. The van der Waals surface area contributed by atoms with E-state index in [1.807, 2.05) is 18.2 Å². The van der Waals surface area contributed by atoms with Crippen molar-refractivity contribution in [2.75, 3.05) is 25.1 Å². The van der Waals surface area contributed by atoms with Gasteiger partial charge in [-0.3, -0.25) is 14.8 Å². The van der Waals surface area contributed by atoms with Crippen molar-refractivity contribution in [3.05, 3.63) is 24.4 Å². The van der Waals surface area contributed by atoms with Gasteiger partial charge in [-0.2, -0.15) is 5.10 Å². The highest BCUT2D eigenvalue weighted by molar-refractivity contribution is 5.96. The van der Waals surface area contributed by atoms with Crippen molar-refractivity contribution in [3.8, 4) is 0 Å². The quantitative estimate of drug-likeness (QED) is 0.910. The van der Waals surface area contributed by atoms with E-state index in [9.17, 15) is 4.79 Å². The predicted octanol–water partition coefficient (Wildman–Crippen LogP) is 2.14. The van der Waals surface area contributed by atoms with Gasteiger partial charge in [0.1, 0.15) is 6.04 Å². The third kappa shape index (κ3) is 2.96. The Bertz CT molecular complexity index is 693. The number of carbonyl (C=O) groups is 1. The molecule has 4 rings (SSSR count). The second-order valence-electron chi connectivity index (χ2n) is 6.43. The summed E-state index contributed by atoms with van der Waals surface area (Å²) in [6, 6.07) is 6.13. The van der Waals surface area contributed by atoms with Gasteiger partial charge in [0.05, 0.1) is 24.9 Å². The summed E-state index contributed by atoms with van der Waals surface area (Å²) in [6.45, 7) is 2.06. The van der Waals surface area contributed by atoms with Crippen LogP contribution in [0, 0.1) is 0 Å². The Hall–Kier alpha value is -1.92. The second kappa shape index (κ2) is 6.29. The molecule has 0 unspecified atom stereocenters. The minimum absolute atomic E-state index is 0.0273. The Balaban J connectivity index is 1.49. The Morgan fingerprint density at radius 2 is 2.22 bits per heavy atom. The van der Waals surface area contributed by atoms with Gasteiger partial charge in [-0.1, -0.05) is 12.8 Å². The Morgan fingerprint density at radius 3 is 3.09 bits per heavy atom. The molecule has 2 N–H and O–H groups in total. The summed E-state index contributed by atoms with van der Waals surface area (Å²) in [6.07, 6.45) is 6.70. The van der Waals surface area contributed by atoms with E-state index >= 15 is 0 Å². The van der Waals surface area contributed by atoms with Gasteiger partial charge >= 0.3 is 0 Å². The number of hydrogen-bond donors (Lipinski definition) is 2. The minimum Gasteiger partial charge on any atom is -0.378 e. The van der Waals surface area contributed by atoms with Gasteiger partial charge < -0.3 is 10.1 Å². The lowest BCUT2D eigenvalue weighted by Crippen LogP contribution is -2.55. The standard InChI is InChI=1S/C17H22N4O2/c22-17(19-13-5-6-15-12(9-13)10-18-20-15)16-11-23-8-7-21(16)14-3-1-2-4-14/h5-6,9-10,14,16H,1-4,7-8,11H2,(H,18,20)(H,19,22)/t16-/m0/s1. The van der Waals surface area contributed by atoms with Crippen LogP contribution in [0.25, 0.3) is 10.9 Å². The van der Waals surface area contributed by atoms with Gasteiger partial charge in [-0.05, 0) is 31.0 Å². The van der Waals surface area contributed by atoms with Crippen molar-refractivity contribution < 1.29 is 9.53 Å². The van der Waals surface area contributed by atoms with Crippen LogP contribution in [-0.2, 0) is 9.53 Å². The lowest BCUT2D eigenvalue weighted by atomic mass is 10.1. The number of ether oxygens (including phenoxy) is 1. The molecule has 1 saturated carbocycles. The number of nitrogens with one attached hydrogen (secondary N) is 2. The fourth-order valence-electron chi connectivity index (χ4n) is 3.76. The second-order valence-corrected chi connectivity index (χ2v) is 6.43. The fraction of sp³-hybridized carbons (Fsp3) is 0.529. The summed E-state index contributed by atoms with van der Waals surface area (Å²) in [5.74, 6) is 0.0273. The molecule has 1 saturated heterocycles. The van der Waals surface area contributed by atoms with Crippen LogP contribution in [0.2, 0.25) is 0 Å². The highest BCUT2D eigenvalue weighted by atomic mass is 16.5. The number of benzene rings is 1. The third-order valence-electron chi connectivity index (χ3n) is 4.97. The zero-order valence-electron chi connectivity index (χ0n) is 13.1. The van der Waals surface area contributed by atoms with Crippen LogP contribution >= 0.6 is 0 Å². The normalized spacial score (nSPS) is 23.4. The van der Waals surface area contributed by atoms with Crippen LogP contribution in [0.4, 0.5) is 5.69 Å². The van der Waals surface area contributed by atoms with E-state index in [2.05, 4.69) is 20.4 Å².